The molecule has 1 heterocycles. The van der Waals surface area contributed by atoms with Crippen molar-refractivity contribution in [2.75, 3.05) is 20.2 Å². The monoisotopic (exact) mass is 256 g/mol. The van der Waals surface area contributed by atoms with Crippen LogP contribution in [0.1, 0.15) is 19.1 Å². The Bertz CT molecular complexity index is 415. The number of ether oxygens (including phenoxy) is 1. The van der Waals surface area contributed by atoms with Crippen molar-refractivity contribution < 1.29 is 18.9 Å². The summed E-state index contributed by atoms with van der Waals surface area (Å²) < 4.78 is 9.63. The third-order valence-electron chi connectivity index (χ3n) is 2.33. The number of furan rings is 1. The zero-order valence-corrected chi connectivity index (χ0v) is 10.4. The molecule has 1 rings (SSSR count). The van der Waals surface area contributed by atoms with Gasteiger partial charge in [-0.25, -0.2) is 0 Å². The van der Waals surface area contributed by atoms with Gasteiger partial charge in [-0.15, -0.1) is 0 Å². The van der Waals surface area contributed by atoms with Gasteiger partial charge in [-0.05, 0) is 19.0 Å². The maximum Gasteiger partial charge on any atom is 0.433 e. The molecule has 7 heteroatoms. The van der Waals surface area contributed by atoms with E-state index in [9.17, 15) is 14.9 Å². The van der Waals surface area contributed by atoms with Gasteiger partial charge in [0.05, 0.1) is 26.3 Å². The number of hydrogen-bond donors (Lipinski definition) is 0. The van der Waals surface area contributed by atoms with Gasteiger partial charge >= 0.3 is 11.9 Å². The summed E-state index contributed by atoms with van der Waals surface area (Å²) >= 11 is 0. The molecule has 0 unspecified atom stereocenters. The molecule has 0 aliphatic carbocycles. The first-order valence-electron chi connectivity index (χ1n) is 5.59. The third-order valence-corrected chi connectivity index (χ3v) is 2.33. The van der Waals surface area contributed by atoms with Crippen molar-refractivity contribution in [3.63, 3.8) is 0 Å². The Hall–Kier alpha value is -1.89. The zero-order valence-electron chi connectivity index (χ0n) is 10.4. The second kappa shape index (κ2) is 6.75. The number of methoxy groups -OCH3 is 1. The summed E-state index contributed by atoms with van der Waals surface area (Å²) in [5.41, 5.74) is 0. The minimum absolute atomic E-state index is 0.138. The summed E-state index contributed by atoms with van der Waals surface area (Å²) in [7, 11) is 1.32. The second-order valence-electron chi connectivity index (χ2n) is 3.78. The number of nitrogens with zero attached hydrogens (tertiary/aromatic N) is 2. The Balaban J connectivity index is 2.63. The Labute approximate surface area is 104 Å². The zero-order chi connectivity index (χ0) is 13.5. The van der Waals surface area contributed by atoms with Crippen LogP contribution in [0.2, 0.25) is 0 Å². The SMILES string of the molecule is CCCN(CC(=O)OC)Cc1ccc([N+](=O)[O-])o1. The Morgan fingerprint density at radius 1 is 1.56 bits per heavy atom. The first-order chi connectivity index (χ1) is 8.56. The van der Waals surface area contributed by atoms with Crippen molar-refractivity contribution in [2.45, 2.75) is 19.9 Å². The summed E-state index contributed by atoms with van der Waals surface area (Å²) in [5, 5.41) is 10.5. The van der Waals surface area contributed by atoms with Crippen LogP contribution >= 0.6 is 0 Å². The summed E-state index contributed by atoms with van der Waals surface area (Å²) in [4.78, 5) is 22.9. The number of carbonyl (C=O) groups is 1. The Kier molecular flexibility index (Phi) is 5.31. The highest BCUT2D eigenvalue weighted by atomic mass is 16.6. The van der Waals surface area contributed by atoms with E-state index in [1.807, 2.05) is 11.8 Å². The van der Waals surface area contributed by atoms with Gasteiger partial charge in [-0.3, -0.25) is 19.8 Å². The van der Waals surface area contributed by atoms with E-state index < -0.39 is 4.92 Å². The maximum atomic E-state index is 11.2. The summed E-state index contributed by atoms with van der Waals surface area (Å²) in [6.07, 6.45) is 0.861. The highest BCUT2D eigenvalue weighted by molar-refractivity contribution is 5.71. The number of carbonyl (C=O) groups excluding carboxylic acids is 1. The van der Waals surface area contributed by atoms with E-state index in [1.54, 1.807) is 0 Å². The molecule has 0 amide bonds. The molecule has 0 saturated carbocycles. The Morgan fingerprint density at radius 2 is 2.28 bits per heavy atom. The van der Waals surface area contributed by atoms with Crippen molar-refractivity contribution in [1.82, 2.24) is 4.90 Å². The molecule has 7 nitrogen and oxygen atoms in total. The van der Waals surface area contributed by atoms with Gasteiger partial charge in [-0.1, -0.05) is 6.92 Å². The summed E-state index contributed by atoms with van der Waals surface area (Å²) in [6.45, 7) is 3.15. The van der Waals surface area contributed by atoms with Crippen molar-refractivity contribution >= 4 is 11.9 Å². The minimum Gasteiger partial charge on any atom is -0.468 e. The largest absolute Gasteiger partial charge is 0.468 e. The first kappa shape index (κ1) is 14.2. The van der Waals surface area contributed by atoms with E-state index in [1.165, 1.54) is 19.2 Å². The van der Waals surface area contributed by atoms with Crippen LogP contribution in [-0.4, -0.2) is 36.0 Å². The normalized spacial score (nSPS) is 10.6. The topological polar surface area (TPSA) is 85.8 Å². The van der Waals surface area contributed by atoms with E-state index in [0.717, 1.165) is 6.42 Å². The van der Waals surface area contributed by atoms with Gasteiger partial charge in [0.1, 0.15) is 10.7 Å². The van der Waals surface area contributed by atoms with Crippen LogP contribution in [0.15, 0.2) is 16.5 Å². The lowest BCUT2D eigenvalue weighted by Crippen LogP contribution is -2.30. The predicted octanol–water partition coefficient (Wildman–Crippen LogP) is 1.57. The van der Waals surface area contributed by atoms with Crippen LogP contribution in [0.4, 0.5) is 5.88 Å². The molecule has 0 N–H and O–H groups in total. The molecule has 1 aromatic heterocycles. The molecule has 0 aliphatic heterocycles. The van der Waals surface area contributed by atoms with Crippen molar-refractivity contribution in [1.29, 1.82) is 0 Å². The van der Waals surface area contributed by atoms with E-state index in [4.69, 9.17) is 4.42 Å². The first-order valence-corrected chi connectivity index (χ1v) is 5.59. The van der Waals surface area contributed by atoms with Gasteiger partial charge in [0.2, 0.25) is 0 Å². The number of rotatable bonds is 7. The molecular formula is C11H16N2O5. The molecular weight excluding hydrogens is 240 g/mol. The third kappa shape index (κ3) is 4.17. The predicted molar refractivity (Wildman–Crippen MR) is 62.9 cm³/mol. The van der Waals surface area contributed by atoms with Crippen molar-refractivity contribution in [2.24, 2.45) is 0 Å². The molecule has 18 heavy (non-hydrogen) atoms. The quantitative estimate of drug-likeness (QED) is 0.418. The van der Waals surface area contributed by atoms with E-state index in [2.05, 4.69) is 4.74 Å². The molecule has 0 bridgehead atoms. The van der Waals surface area contributed by atoms with Crippen molar-refractivity contribution in [3.05, 3.63) is 28.0 Å². The fourth-order valence-corrected chi connectivity index (χ4v) is 1.55. The van der Waals surface area contributed by atoms with Gasteiger partial charge in [0.15, 0.2) is 0 Å². The van der Waals surface area contributed by atoms with Crippen LogP contribution < -0.4 is 0 Å². The van der Waals surface area contributed by atoms with Crippen molar-refractivity contribution in [3.8, 4) is 0 Å². The minimum atomic E-state index is -0.589. The van der Waals surface area contributed by atoms with E-state index >= 15 is 0 Å². The molecule has 0 aliphatic rings. The number of hydrogen-bond acceptors (Lipinski definition) is 6. The Morgan fingerprint density at radius 3 is 2.78 bits per heavy atom. The van der Waals surface area contributed by atoms with Gasteiger partial charge < -0.3 is 9.15 Å². The molecule has 0 spiro atoms. The lowest BCUT2D eigenvalue weighted by molar-refractivity contribution is -0.402. The van der Waals surface area contributed by atoms with Gasteiger partial charge in [0, 0.05) is 0 Å². The highest BCUT2D eigenvalue weighted by Gasteiger charge is 2.16. The molecule has 1 aromatic rings. The van der Waals surface area contributed by atoms with Crippen LogP contribution in [-0.2, 0) is 16.1 Å². The maximum absolute atomic E-state index is 11.2. The lowest BCUT2D eigenvalue weighted by atomic mass is 10.3. The summed E-state index contributed by atoms with van der Waals surface area (Å²) in [5.74, 6) is -0.178. The molecule has 0 radical (unpaired) electrons. The average Bonchev–Trinajstić information content (AvgIpc) is 2.77. The fourth-order valence-electron chi connectivity index (χ4n) is 1.55. The molecule has 0 atom stereocenters. The van der Waals surface area contributed by atoms with Crippen LogP contribution in [0.3, 0.4) is 0 Å². The molecule has 100 valence electrons. The smallest absolute Gasteiger partial charge is 0.433 e. The van der Waals surface area contributed by atoms with Crippen LogP contribution in [0.5, 0.6) is 0 Å². The second-order valence-corrected chi connectivity index (χ2v) is 3.78. The van der Waals surface area contributed by atoms with E-state index in [0.29, 0.717) is 18.8 Å². The molecule has 0 aromatic carbocycles. The number of esters is 1. The van der Waals surface area contributed by atoms with Gasteiger partial charge in [-0.2, -0.15) is 0 Å². The van der Waals surface area contributed by atoms with Crippen LogP contribution in [0, 0.1) is 10.1 Å². The summed E-state index contributed by atoms with van der Waals surface area (Å²) in [6, 6.07) is 2.84. The fraction of sp³-hybridized carbons (Fsp3) is 0.545. The lowest BCUT2D eigenvalue weighted by Gasteiger charge is -2.18. The van der Waals surface area contributed by atoms with E-state index in [-0.39, 0.29) is 18.4 Å². The molecule has 0 fully saturated rings. The number of nitro groups is 1. The van der Waals surface area contributed by atoms with Crippen LogP contribution in [0.25, 0.3) is 0 Å². The van der Waals surface area contributed by atoms with Gasteiger partial charge in [0.25, 0.3) is 0 Å². The molecule has 0 saturated heterocycles. The highest BCUT2D eigenvalue weighted by Crippen LogP contribution is 2.17. The standard InChI is InChI=1S/C11H16N2O5/c1-3-6-12(8-11(14)17-2)7-9-4-5-10(18-9)13(15)16/h4-5H,3,6-8H2,1-2H3. The average molecular weight is 256 g/mol.